The molecule has 4 heteroatoms. The molecule has 0 bridgehead atoms. The van der Waals surface area contributed by atoms with Gasteiger partial charge in [-0.1, -0.05) is 6.42 Å². The second kappa shape index (κ2) is 6.03. The zero-order chi connectivity index (χ0) is 13.8. The molecule has 1 saturated carbocycles. The zero-order valence-electron chi connectivity index (χ0n) is 11.3. The van der Waals surface area contributed by atoms with Gasteiger partial charge in [-0.3, -0.25) is 0 Å². The molecule has 0 aliphatic heterocycles. The summed E-state index contributed by atoms with van der Waals surface area (Å²) in [5.41, 5.74) is 7.08. The Labute approximate surface area is 113 Å². The summed E-state index contributed by atoms with van der Waals surface area (Å²) in [6.45, 7) is 3.54. The first-order chi connectivity index (χ1) is 9.21. The lowest BCUT2D eigenvalue weighted by molar-refractivity contribution is 0.461. The second-order valence-electron chi connectivity index (χ2n) is 5.05. The van der Waals surface area contributed by atoms with Crippen LogP contribution in [-0.4, -0.2) is 19.1 Å². The molecule has 0 heterocycles. The Hall–Kier alpha value is -1.60. The van der Waals surface area contributed by atoms with Crippen LogP contribution >= 0.6 is 0 Å². The van der Waals surface area contributed by atoms with E-state index in [1.165, 1.54) is 18.6 Å². The van der Waals surface area contributed by atoms with E-state index in [-0.39, 0.29) is 5.82 Å². The van der Waals surface area contributed by atoms with Crippen LogP contribution in [0.2, 0.25) is 0 Å². The summed E-state index contributed by atoms with van der Waals surface area (Å²) < 4.78 is 13.2. The Morgan fingerprint density at radius 3 is 2.89 bits per heavy atom. The number of nitriles is 1. The first kappa shape index (κ1) is 13.8. The third kappa shape index (κ3) is 2.71. The predicted octanol–water partition coefficient (Wildman–Crippen LogP) is 2.65. The maximum Gasteiger partial charge on any atom is 0.124 e. The fourth-order valence-corrected chi connectivity index (χ4v) is 3.13. The molecule has 1 aromatic rings. The third-order valence-corrected chi connectivity index (χ3v) is 4.05. The van der Waals surface area contributed by atoms with Crippen molar-refractivity contribution in [3.05, 3.63) is 29.6 Å². The van der Waals surface area contributed by atoms with E-state index in [4.69, 9.17) is 5.73 Å². The second-order valence-corrected chi connectivity index (χ2v) is 5.05. The molecule has 2 N–H and O–H groups in total. The van der Waals surface area contributed by atoms with E-state index < -0.39 is 0 Å². The summed E-state index contributed by atoms with van der Waals surface area (Å²) >= 11 is 0. The van der Waals surface area contributed by atoms with Gasteiger partial charge in [-0.2, -0.15) is 5.26 Å². The Morgan fingerprint density at radius 1 is 1.47 bits per heavy atom. The number of hydrogen-bond acceptors (Lipinski definition) is 3. The quantitative estimate of drug-likeness (QED) is 0.906. The molecule has 0 aromatic heterocycles. The molecule has 1 aliphatic rings. The van der Waals surface area contributed by atoms with Crippen LogP contribution in [-0.2, 0) is 0 Å². The standard InChI is InChI=1S/C15H20FN3/c1-2-19(14-5-3-4-11(14)9-17)15-7-6-13(16)8-12(15)10-18/h6-8,11,14H,2-5,9,17H2,1H3. The van der Waals surface area contributed by atoms with E-state index in [2.05, 4.69) is 17.9 Å². The minimum Gasteiger partial charge on any atom is -0.367 e. The van der Waals surface area contributed by atoms with E-state index in [0.717, 1.165) is 25.1 Å². The van der Waals surface area contributed by atoms with Crippen molar-refractivity contribution in [1.29, 1.82) is 5.26 Å². The molecule has 1 fully saturated rings. The van der Waals surface area contributed by atoms with Gasteiger partial charge in [0.15, 0.2) is 0 Å². The largest absolute Gasteiger partial charge is 0.367 e. The van der Waals surface area contributed by atoms with E-state index in [1.807, 2.05) is 0 Å². The summed E-state index contributed by atoms with van der Waals surface area (Å²) in [4.78, 5) is 2.21. The maximum atomic E-state index is 13.2. The summed E-state index contributed by atoms with van der Waals surface area (Å²) in [7, 11) is 0. The fourth-order valence-electron chi connectivity index (χ4n) is 3.13. The van der Waals surface area contributed by atoms with Gasteiger partial charge in [0.1, 0.15) is 11.9 Å². The van der Waals surface area contributed by atoms with Gasteiger partial charge in [0.25, 0.3) is 0 Å². The number of benzene rings is 1. The van der Waals surface area contributed by atoms with Gasteiger partial charge >= 0.3 is 0 Å². The molecule has 0 saturated heterocycles. The van der Waals surface area contributed by atoms with Gasteiger partial charge < -0.3 is 10.6 Å². The maximum absolute atomic E-state index is 13.2. The first-order valence-corrected chi connectivity index (χ1v) is 6.87. The lowest BCUT2D eigenvalue weighted by atomic mass is 10.0. The molecule has 102 valence electrons. The molecule has 0 spiro atoms. The van der Waals surface area contributed by atoms with Crippen molar-refractivity contribution in [3.63, 3.8) is 0 Å². The Morgan fingerprint density at radius 2 is 2.26 bits per heavy atom. The summed E-state index contributed by atoms with van der Waals surface area (Å²) in [6, 6.07) is 6.91. The molecule has 0 radical (unpaired) electrons. The molecule has 19 heavy (non-hydrogen) atoms. The van der Waals surface area contributed by atoms with Crippen molar-refractivity contribution in [2.45, 2.75) is 32.2 Å². The fraction of sp³-hybridized carbons (Fsp3) is 0.533. The van der Waals surface area contributed by atoms with E-state index in [0.29, 0.717) is 24.1 Å². The number of anilines is 1. The smallest absolute Gasteiger partial charge is 0.124 e. The molecule has 1 aliphatic carbocycles. The summed E-state index contributed by atoms with van der Waals surface area (Å²) in [6.07, 6.45) is 3.41. The van der Waals surface area contributed by atoms with Gasteiger partial charge in [-0.05, 0) is 50.4 Å². The highest BCUT2D eigenvalue weighted by atomic mass is 19.1. The molecule has 2 atom stereocenters. The van der Waals surface area contributed by atoms with Crippen molar-refractivity contribution < 1.29 is 4.39 Å². The van der Waals surface area contributed by atoms with Crippen LogP contribution in [0.5, 0.6) is 0 Å². The minimum absolute atomic E-state index is 0.363. The highest BCUT2D eigenvalue weighted by molar-refractivity contribution is 5.60. The number of rotatable bonds is 4. The SMILES string of the molecule is CCN(c1ccc(F)cc1C#N)C1CCCC1CN. The van der Waals surface area contributed by atoms with Crippen molar-refractivity contribution >= 4 is 5.69 Å². The molecule has 3 nitrogen and oxygen atoms in total. The topological polar surface area (TPSA) is 53.0 Å². The Kier molecular flexibility index (Phi) is 4.39. The van der Waals surface area contributed by atoms with Gasteiger partial charge in [0, 0.05) is 12.6 Å². The predicted molar refractivity (Wildman–Crippen MR) is 74.3 cm³/mol. The van der Waals surface area contributed by atoms with E-state index in [1.54, 1.807) is 6.07 Å². The average molecular weight is 261 g/mol. The number of hydrogen-bond donors (Lipinski definition) is 1. The van der Waals surface area contributed by atoms with Crippen LogP contribution in [0.15, 0.2) is 18.2 Å². The third-order valence-electron chi connectivity index (χ3n) is 4.05. The molecule has 0 amide bonds. The lowest BCUT2D eigenvalue weighted by Crippen LogP contribution is -2.40. The van der Waals surface area contributed by atoms with Gasteiger partial charge in [-0.25, -0.2) is 4.39 Å². The zero-order valence-corrected chi connectivity index (χ0v) is 11.3. The van der Waals surface area contributed by atoms with Crippen LogP contribution in [0.25, 0.3) is 0 Å². The van der Waals surface area contributed by atoms with Crippen LogP contribution in [0, 0.1) is 23.1 Å². The van der Waals surface area contributed by atoms with Crippen molar-refractivity contribution in [1.82, 2.24) is 0 Å². The Bertz CT molecular complexity index is 481. The summed E-state index contributed by atoms with van der Waals surface area (Å²) in [5.74, 6) is 0.106. The van der Waals surface area contributed by atoms with Crippen LogP contribution in [0.4, 0.5) is 10.1 Å². The molecular weight excluding hydrogens is 241 g/mol. The van der Waals surface area contributed by atoms with Crippen LogP contribution in [0.1, 0.15) is 31.7 Å². The molecule has 2 rings (SSSR count). The highest BCUT2D eigenvalue weighted by Gasteiger charge is 2.31. The van der Waals surface area contributed by atoms with Crippen LogP contribution in [0.3, 0.4) is 0 Å². The average Bonchev–Trinajstić information content (AvgIpc) is 2.89. The normalized spacial score (nSPS) is 22.2. The Balaban J connectivity index is 2.34. The lowest BCUT2D eigenvalue weighted by Gasteiger charge is -2.34. The number of nitrogens with zero attached hydrogens (tertiary/aromatic N) is 2. The first-order valence-electron chi connectivity index (χ1n) is 6.87. The monoisotopic (exact) mass is 261 g/mol. The molecule has 1 aromatic carbocycles. The van der Waals surface area contributed by atoms with E-state index in [9.17, 15) is 9.65 Å². The summed E-state index contributed by atoms with van der Waals surface area (Å²) in [5, 5.41) is 9.19. The van der Waals surface area contributed by atoms with E-state index >= 15 is 0 Å². The van der Waals surface area contributed by atoms with Gasteiger partial charge in [-0.15, -0.1) is 0 Å². The highest BCUT2D eigenvalue weighted by Crippen LogP contribution is 2.33. The number of nitrogens with two attached hydrogens (primary N) is 1. The van der Waals surface area contributed by atoms with Crippen molar-refractivity contribution in [3.8, 4) is 6.07 Å². The minimum atomic E-state index is -0.363. The molecule has 2 unspecified atom stereocenters. The van der Waals surface area contributed by atoms with Gasteiger partial charge in [0.05, 0.1) is 11.3 Å². The molecular formula is C15H20FN3. The van der Waals surface area contributed by atoms with Gasteiger partial charge in [0.2, 0.25) is 0 Å². The van der Waals surface area contributed by atoms with Crippen molar-refractivity contribution in [2.75, 3.05) is 18.0 Å². The number of halogens is 1. The van der Waals surface area contributed by atoms with Crippen molar-refractivity contribution in [2.24, 2.45) is 11.7 Å². The van der Waals surface area contributed by atoms with Crippen LogP contribution < -0.4 is 10.6 Å².